The lowest BCUT2D eigenvalue weighted by atomic mass is 10.1. The van der Waals surface area contributed by atoms with Crippen molar-refractivity contribution in [1.29, 1.82) is 0 Å². The molecule has 1 atom stereocenters. The highest BCUT2D eigenvalue weighted by Gasteiger charge is 2.23. The fourth-order valence-electron chi connectivity index (χ4n) is 3.59. The van der Waals surface area contributed by atoms with Gasteiger partial charge >= 0.3 is 5.97 Å². The third kappa shape index (κ3) is 5.10. The average molecular weight is 441 g/mol. The third-order valence-electron chi connectivity index (χ3n) is 5.35. The summed E-state index contributed by atoms with van der Waals surface area (Å²) in [5.41, 5.74) is 3.56. The van der Waals surface area contributed by atoms with E-state index in [1.165, 1.54) is 0 Å². The number of H-pyrrole nitrogens is 1. The Labute approximate surface area is 190 Å². The molecule has 2 amide bonds. The molecule has 4 aromatic rings. The quantitative estimate of drug-likeness (QED) is 0.345. The van der Waals surface area contributed by atoms with Gasteiger partial charge in [-0.25, -0.2) is 4.79 Å². The molecule has 0 aliphatic rings. The number of fused-ring (bicyclic) bond motifs is 1. The van der Waals surface area contributed by atoms with E-state index in [9.17, 15) is 19.5 Å². The van der Waals surface area contributed by atoms with Crippen LogP contribution >= 0.6 is 0 Å². The predicted octanol–water partition coefficient (Wildman–Crippen LogP) is 4.15. The Bertz CT molecular complexity index is 1290. The summed E-state index contributed by atoms with van der Waals surface area (Å²) in [7, 11) is 0. The van der Waals surface area contributed by atoms with Gasteiger partial charge < -0.3 is 20.7 Å². The smallest absolute Gasteiger partial charge is 0.326 e. The first-order chi connectivity index (χ1) is 15.9. The summed E-state index contributed by atoms with van der Waals surface area (Å²) in [6, 6.07) is 21.9. The maximum atomic E-state index is 13.0. The molecule has 0 saturated heterocycles. The van der Waals surface area contributed by atoms with E-state index in [1.807, 2.05) is 49.4 Å². The van der Waals surface area contributed by atoms with Gasteiger partial charge in [0, 0.05) is 23.2 Å². The third-order valence-corrected chi connectivity index (χ3v) is 5.35. The molecule has 3 aromatic carbocycles. The number of nitrogens with one attached hydrogen (secondary N) is 3. The van der Waals surface area contributed by atoms with Crippen LogP contribution in [0.4, 0.5) is 5.69 Å². The van der Waals surface area contributed by atoms with Gasteiger partial charge in [-0.15, -0.1) is 0 Å². The number of amides is 2. The SMILES string of the molecule is Cc1ccc(C(=O)Nc2ccccc2C(=O)NC(Cc2cc3ccccc3[nH]2)C(=O)O)cc1. The number of carboxylic acids is 1. The second kappa shape index (κ2) is 9.40. The Kier molecular flexibility index (Phi) is 6.22. The van der Waals surface area contributed by atoms with Gasteiger partial charge in [0.2, 0.25) is 0 Å². The lowest BCUT2D eigenvalue weighted by molar-refractivity contribution is -0.139. The van der Waals surface area contributed by atoms with Crippen molar-refractivity contribution in [3.8, 4) is 0 Å². The van der Waals surface area contributed by atoms with Crippen molar-refractivity contribution >= 4 is 34.4 Å². The minimum absolute atomic E-state index is 0.0909. The number of anilines is 1. The van der Waals surface area contributed by atoms with E-state index in [1.54, 1.807) is 36.4 Å². The van der Waals surface area contributed by atoms with Crippen molar-refractivity contribution in [2.24, 2.45) is 0 Å². The molecule has 0 aliphatic heterocycles. The molecule has 1 aromatic heterocycles. The molecule has 0 radical (unpaired) electrons. The molecule has 4 rings (SSSR count). The van der Waals surface area contributed by atoms with Crippen molar-refractivity contribution in [3.05, 3.63) is 101 Å². The maximum Gasteiger partial charge on any atom is 0.326 e. The topological polar surface area (TPSA) is 111 Å². The Morgan fingerprint density at radius 2 is 1.61 bits per heavy atom. The van der Waals surface area contributed by atoms with Crippen LogP contribution in [0.25, 0.3) is 10.9 Å². The number of rotatable bonds is 7. The van der Waals surface area contributed by atoms with Crippen LogP contribution in [-0.4, -0.2) is 33.9 Å². The van der Waals surface area contributed by atoms with Gasteiger partial charge in [0.1, 0.15) is 6.04 Å². The van der Waals surface area contributed by atoms with Gasteiger partial charge in [0.15, 0.2) is 0 Å². The van der Waals surface area contributed by atoms with Crippen LogP contribution in [0.15, 0.2) is 78.9 Å². The minimum Gasteiger partial charge on any atom is -0.480 e. The van der Waals surface area contributed by atoms with Crippen LogP contribution in [-0.2, 0) is 11.2 Å². The van der Waals surface area contributed by atoms with E-state index in [0.717, 1.165) is 16.5 Å². The lowest BCUT2D eigenvalue weighted by Gasteiger charge is -2.16. The van der Waals surface area contributed by atoms with Crippen LogP contribution in [0, 0.1) is 6.92 Å². The lowest BCUT2D eigenvalue weighted by Crippen LogP contribution is -2.42. The van der Waals surface area contributed by atoms with Crippen molar-refractivity contribution in [2.45, 2.75) is 19.4 Å². The van der Waals surface area contributed by atoms with Gasteiger partial charge in [-0.05, 0) is 48.7 Å². The molecule has 0 fully saturated rings. The molecule has 1 unspecified atom stereocenters. The number of carbonyl (C=O) groups excluding carboxylic acids is 2. The number of aromatic amines is 1. The van der Waals surface area contributed by atoms with Gasteiger partial charge in [-0.2, -0.15) is 0 Å². The summed E-state index contributed by atoms with van der Waals surface area (Å²) in [6.45, 7) is 1.93. The highest BCUT2D eigenvalue weighted by molar-refractivity contribution is 6.09. The van der Waals surface area contributed by atoms with Crippen molar-refractivity contribution in [2.75, 3.05) is 5.32 Å². The number of aliphatic carboxylic acids is 1. The van der Waals surface area contributed by atoms with Gasteiger partial charge in [-0.3, -0.25) is 9.59 Å². The van der Waals surface area contributed by atoms with Crippen LogP contribution < -0.4 is 10.6 Å². The molecule has 0 spiro atoms. The number of aryl methyl sites for hydroxylation is 1. The molecule has 1 heterocycles. The minimum atomic E-state index is -1.15. The monoisotopic (exact) mass is 441 g/mol. The number of para-hydroxylation sites is 2. The number of carboxylic acid groups (broad SMARTS) is 1. The van der Waals surface area contributed by atoms with Crippen LogP contribution in [0.5, 0.6) is 0 Å². The molecular formula is C26H23N3O4. The van der Waals surface area contributed by atoms with E-state index in [0.29, 0.717) is 16.9 Å². The molecule has 0 aliphatic carbocycles. The van der Waals surface area contributed by atoms with E-state index >= 15 is 0 Å². The molecule has 7 heteroatoms. The Hall–Kier alpha value is -4.39. The Morgan fingerprint density at radius 3 is 2.33 bits per heavy atom. The highest BCUT2D eigenvalue weighted by atomic mass is 16.4. The molecule has 7 nitrogen and oxygen atoms in total. The summed E-state index contributed by atoms with van der Waals surface area (Å²) in [5, 5.41) is 16.0. The molecular weight excluding hydrogens is 418 g/mol. The predicted molar refractivity (Wildman–Crippen MR) is 126 cm³/mol. The standard InChI is InChI=1S/C26H23N3O4/c1-16-10-12-17(13-11-16)24(30)28-22-9-5-3-7-20(22)25(31)29-23(26(32)33)15-19-14-18-6-2-4-8-21(18)27-19/h2-14,23,27H,15H2,1H3,(H,28,30)(H,29,31)(H,32,33). The van der Waals surface area contributed by atoms with Crippen LogP contribution in [0.3, 0.4) is 0 Å². The first-order valence-electron chi connectivity index (χ1n) is 10.5. The largest absolute Gasteiger partial charge is 0.480 e. The Balaban J connectivity index is 1.51. The van der Waals surface area contributed by atoms with E-state index in [4.69, 9.17) is 0 Å². The molecule has 166 valence electrons. The number of benzene rings is 3. The summed E-state index contributed by atoms with van der Waals surface area (Å²) in [6.07, 6.45) is 0.0909. The van der Waals surface area contributed by atoms with Crippen molar-refractivity contribution < 1.29 is 19.5 Å². The van der Waals surface area contributed by atoms with Gasteiger partial charge in [-0.1, -0.05) is 48.0 Å². The van der Waals surface area contributed by atoms with E-state index in [2.05, 4.69) is 15.6 Å². The van der Waals surface area contributed by atoms with Crippen molar-refractivity contribution in [3.63, 3.8) is 0 Å². The second-order valence-corrected chi connectivity index (χ2v) is 7.82. The molecule has 0 saturated carbocycles. The number of carbonyl (C=O) groups is 3. The second-order valence-electron chi connectivity index (χ2n) is 7.82. The number of hydrogen-bond donors (Lipinski definition) is 4. The number of hydrogen-bond acceptors (Lipinski definition) is 3. The molecule has 33 heavy (non-hydrogen) atoms. The fraction of sp³-hybridized carbons (Fsp3) is 0.115. The van der Waals surface area contributed by atoms with Crippen LogP contribution in [0.1, 0.15) is 32.0 Å². The van der Waals surface area contributed by atoms with Crippen molar-refractivity contribution in [1.82, 2.24) is 10.3 Å². The first kappa shape index (κ1) is 21.8. The summed E-state index contributed by atoms with van der Waals surface area (Å²) in [4.78, 5) is 40.6. The zero-order valence-corrected chi connectivity index (χ0v) is 18.0. The van der Waals surface area contributed by atoms with Gasteiger partial charge in [0.25, 0.3) is 11.8 Å². The molecule has 4 N–H and O–H groups in total. The fourth-order valence-corrected chi connectivity index (χ4v) is 3.59. The zero-order valence-electron chi connectivity index (χ0n) is 18.0. The first-order valence-corrected chi connectivity index (χ1v) is 10.5. The number of aromatic nitrogens is 1. The average Bonchev–Trinajstić information content (AvgIpc) is 3.21. The van der Waals surface area contributed by atoms with Gasteiger partial charge in [0.05, 0.1) is 11.3 Å². The Morgan fingerprint density at radius 1 is 0.909 bits per heavy atom. The van der Waals surface area contributed by atoms with Crippen LogP contribution in [0.2, 0.25) is 0 Å². The van der Waals surface area contributed by atoms with E-state index in [-0.39, 0.29) is 17.9 Å². The maximum absolute atomic E-state index is 13.0. The highest BCUT2D eigenvalue weighted by Crippen LogP contribution is 2.19. The zero-order chi connectivity index (χ0) is 23.4. The van der Waals surface area contributed by atoms with E-state index < -0.39 is 17.9 Å². The summed E-state index contributed by atoms with van der Waals surface area (Å²) in [5.74, 6) is -2.09. The summed E-state index contributed by atoms with van der Waals surface area (Å²) >= 11 is 0. The summed E-state index contributed by atoms with van der Waals surface area (Å²) < 4.78 is 0. The molecule has 0 bridgehead atoms. The normalized spacial score (nSPS) is 11.7.